The number of rotatable bonds is 11. The molecule has 0 spiro atoms. The zero-order valence-corrected chi connectivity index (χ0v) is 26.3. The van der Waals surface area contributed by atoms with E-state index in [1.165, 1.54) is 7.11 Å². The van der Waals surface area contributed by atoms with Gasteiger partial charge in [0, 0.05) is 58.4 Å². The molecule has 0 bridgehead atoms. The fraction of sp³-hybridized carbons (Fsp3) is 0.600. The van der Waals surface area contributed by atoms with Crippen LogP contribution in [0.5, 0.6) is 0 Å². The molecular weight excluding hydrogens is 555 g/mol. The molecule has 0 aliphatic carbocycles. The molecule has 0 aliphatic heterocycles. The van der Waals surface area contributed by atoms with Gasteiger partial charge in [0.15, 0.2) is 0 Å². The number of likely N-dealkylation sites (N-methyl/N-ethyl adjacent to an activating group) is 1. The van der Waals surface area contributed by atoms with E-state index in [0.29, 0.717) is 32.0 Å². The fourth-order valence-corrected chi connectivity index (χ4v) is 2.13. The van der Waals surface area contributed by atoms with Crippen molar-refractivity contribution in [3.8, 4) is 0 Å². The van der Waals surface area contributed by atoms with E-state index in [9.17, 15) is 14.4 Å². The third kappa shape index (κ3) is 32.2. The molecule has 12 heteroatoms. The Morgan fingerprint density at radius 1 is 1.11 bits per heavy atom. The number of ether oxygens (including phenoxy) is 1. The van der Waals surface area contributed by atoms with Crippen LogP contribution in [0.2, 0.25) is 0 Å². The molecule has 1 rings (SSSR count). The van der Waals surface area contributed by atoms with Gasteiger partial charge >= 0.3 is 5.97 Å². The van der Waals surface area contributed by atoms with E-state index in [1.54, 1.807) is 7.05 Å². The number of benzene rings is 1. The summed E-state index contributed by atoms with van der Waals surface area (Å²) in [6.07, 6.45) is 2.30. The maximum atomic E-state index is 11.2. The number of methoxy groups -OCH3 is 1. The van der Waals surface area contributed by atoms with Gasteiger partial charge in [0.1, 0.15) is 12.6 Å². The van der Waals surface area contributed by atoms with Gasteiger partial charge in [0.05, 0.1) is 26.3 Å². The Morgan fingerprint density at radius 2 is 1.62 bits per heavy atom. The molecule has 1 atom stereocenters. The quantitative estimate of drug-likeness (QED) is 0.186. The number of hydrogen-bond donors (Lipinski definition) is 5. The van der Waals surface area contributed by atoms with E-state index in [-0.39, 0.29) is 76.2 Å². The number of anilines is 1. The Labute approximate surface area is 248 Å². The molecule has 0 saturated heterocycles. The topological polar surface area (TPSA) is 184 Å². The van der Waals surface area contributed by atoms with Crippen LogP contribution in [0.1, 0.15) is 46.1 Å². The largest absolute Gasteiger partial charge is 0.677 e. The summed E-state index contributed by atoms with van der Waals surface area (Å²) >= 11 is 0. The minimum Gasteiger partial charge on any atom is -0.677 e. The average Bonchev–Trinajstić information content (AvgIpc) is 2.92. The molecular formula is C25H48N5O6Y-. The van der Waals surface area contributed by atoms with Crippen molar-refractivity contribution in [2.24, 2.45) is 11.7 Å². The normalized spacial score (nSPS) is 9.38. The summed E-state index contributed by atoms with van der Waals surface area (Å²) in [5.41, 5.74) is 13.3. The SMILES string of the molecule is CC.CNC(C(=O)NCC=O)C(C)C.CNc1ccc(CO)cc1.COC(=O)CCC[NH-].NCC=O.[Y]. The van der Waals surface area contributed by atoms with Crippen molar-refractivity contribution in [3.05, 3.63) is 35.6 Å². The minimum absolute atomic E-state index is 0. The van der Waals surface area contributed by atoms with Crippen LogP contribution in [0.15, 0.2) is 24.3 Å². The first-order valence-electron chi connectivity index (χ1n) is 11.8. The number of aliphatic hydroxyl groups is 1. The van der Waals surface area contributed by atoms with Crippen LogP contribution >= 0.6 is 0 Å². The zero-order valence-electron chi connectivity index (χ0n) is 23.5. The molecule has 0 aliphatic rings. The van der Waals surface area contributed by atoms with E-state index in [1.807, 2.05) is 59.0 Å². The van der Waals surface area contributed by atoms with Gasteiger partial charge in [-0.2, -0.15) is 6.54 Å². The van der Waals surface area contributed by atoms with Crippen molar-refractivity contribution in [3.63, 3.8) is 0 Å². The molecule has 1 aromatic rings. The summed E-state index contributed by atoms with van der Waals surface area (Å²) < 4.78 is 4.33. The first-order valence-corrected chi connectivity index (χ1v) is 11.8. The second kappa shape index (κ2) is 36.4. The van der Waals surface area contributed by atoms with E-state index in [4.69, 9.17) is 15.6 Å². The minimum atomic E-state index is -0.225. The van der Waals surface area contributed by atoms with E-state index in [2.05, 4.69) is 26.4 Å². The molecule has 1 unspecified atom stereocenters. The van der Waals surface area contributed by atoms with E-state index < -0.39 is 0 Å². The summed E-state index contributed by atoms with van der Waals surface area (Å²) in [6.45, 7) is 8.53. The third-order valence-corrected chi connectivity index (χ3v) is 3.93. The average molecular weight is 604 g/mol. The fourth-order valence-electron chi connectivity index (χ4n) is 2.13. The van der Waals surface area contributed by atoms with E-state index in [0.717, 1.165) is 11.3 Å². The molecule has 37 heavy (non-hydrogen) atoms. The molecule has 7 N–H and O–H groups in total. The molecule has 1 aromatic carbocycles. The molecule has 0 aromatic heterocycles. The van der Waals surface area contributed by atoms with Gasteiger partial charge in [-0.15, -0.1) is 0 Å². The third-order valence-electron chi connectivity index (χ3n) is 3.93. The van der Waals surface area contributed by atoms with Gasteiger partial charge in [-0.25, -0.2) is 0 Å². The number of aldehydes is 2. The summed E-state index contributed by atoms with van der Waals surface area (Å²) in [5.74, 6) is -0.126. The van der Waals surface area contributed by atoms with Gasteiger partial charge in [-0.05, 0) is 30.7 Å². The first-order chi connectivity index (χ1) is 17.2. The second-order valence-corrected chi connectivity index (χ2v) is 6.86. The van der Waals surface area contributed by atoms with Crippen LogP contribution in [-0.2, 0) is 63.2 Å². The van der Waals surface area contributed by atoms with Crippen molar-refractivity contribution >= 4 is 30.1 Å². The van der Waals surface area contributed by atoms with Gasteiger partial charge in [0.25, 0.3) is 0 Å². The molecule has 1 radical (unpaired) electrons. The Kier molecular flexibility index (Phi) is 44.5. The van der Waals surface area contributed by atoms with Gasteiger partial charge in [-0.3, -0.25) is 9.59 Å². The molecule has 213 valence electrons. The second-order valence-electron chi connectivity index (χ2n) is 6.86. The van der Waals surface area contributed by atoms with Gasteiger partial charge in [0.2, 0.25) is 5.91 Å². The maximum Gasteiger partial charge on any atom is 0.305 e. The number of hydrogen-bond acceptors (Lipinski definition) is 9. The van der Waals surface area contributed by atoms with Crippen molar-refractivity contribution in [2.45, 2.75) is 53.2 Å². The van der Waals surface area contributed by atoms with Crippen LogP contribution < -0.4 is 21.7 Å². The number of aliphatic hydroxyl groups excluding tert-OH is 1. The van der Waals surface area contributed by atoms with E-state index >= 15 is 0 Å². The van der Waals surface area contributed by atoms with Crippen molar-refractivity contribution in [1.29, 1.82) is 0 Å². The Bertz CT molecular complexity index is 626. The van der Waals surface area contributed by atoms with Crippen LogP contribution in [0.4, 0.5) is 5.69 Å². The molecule has 0 heterocycles. The first kappa shape index (κ1) is 45.2. The Morgan fingerprint density at radius 3 is 1.92 bits per heavy atom. The Hall–Kier alpha value is -1.76. The van der Waals surface area contributed by atoms with Crippen LogP contribution in [0.25, 0.3) is 5.73 Å². The molecule has 11 nitrogen and oxygen atoms in total. The Balaban J connectivity index is -0.000000125. The standard InChI is InChI=1S/C8H16N2O2.C8H11NO.C5H10NO2.C2H5NO.C2H6.Y/c1-6(2)7(9-3)8(12)10-4-5-11;1-9-8-4-2-7(6-10)3-5-8;1-8-5(7)3-2-4-6;3-1-2-4;1-2;/h5-7,9H,4H2,1-3H3,(H,10,12);2-5,9-10H,6H2,1H3;6H,2-4H2,1H3;2H,1,3H2;1-2H3;/q;;-1;;;. The van der Waals surface area contributed by atoms with Crippen molar-refractivity contribution in [1.82, 2.24) is 10.6 Å². The summed E-state index contributed by atoms with van der Waals surface area (Å²) in [6, 6.07) is 7.44. The van der Waals surface area contributed by atoms with Gasteiger partial charge < -0.3 is 46.9 Å². The monoisotopic (exact) mass is 603 g/mol. The van der Waals surface area contributed by atoms with Crippen LogP contribution in [0.3, 0.4) is 0 Å². The van der Waals surface area contributed by atoms with Crippen molar-refractivity contribution in [2.75, 3.05) is 46.2 Å². The number of nitrogens with two attached hydrogens (primary N) is 1. The maximum absolute atomic E-state index is 11.2. The number of amides is 1. The summed E-state index contributed by atoms with van der Waals surface area (Å²) in [5, 5.41) is 17.1. The van der Waals surface area contributed by atoms with Crippen LogP contribution in [-0.4, -0.2) is 76.4 Å². The zero-order chi connectivity index (χ0) is 28.8. The summed E-state index contributed by atoms with van der Waals surface area (Å²) in [4.78, 5) is 40.5. The van der Waals surface area contributed by atoms with Crippen molar-refractivity contribution < 1.29 is 61.7 Å². The number of carbonyl (C=O) groups is 4. The van der Waals surface area contributed by atoms with Crippen LogP contribution in [0, 0.1) is 5.92 Å². The predicted molar refractivity (Wildman–Crippen MR) is 146 cm³/mol. The molecule has 0 saturated carbocycles. The number of nitrogens with one attached hydrogen (secondary N) is 4. The molecule has 1 amide bonds. The van der Waals surface area contributed by atoms with Gasteiger partial charge in [-0.1, -0.05) is 46.2 Å². The smallest absolute Gasteiger partial charge is 0.305 e. The number of esters is 1. The molecule has 0 fully saturated rings. The number of carbonyl (C=O) groups excluding carboxylic acids is 4. The predicted octanol–water partition coefficient (Wildman–Crippen LogP) is 1.93. The summed E-state index contributed by atoms with van der Waals surface area (Å²) in [7, 11) is 4.95.